The summed E-state index contributed by atoms with van der Waals surface area (Å²) in [6, 6.07) is 0. The van der Waals surface area contributed by atoms with Crippen molar-refractivity contribution in [3.8, 4) is 0 Å². The summed E-state index contributed by atoms with van der Waals surface area (Å²) in [4.78, 5) is 38.1. The molecule has 0 radical (unpaired) electrons. The first-order chi connectivity index (χ1) is 31.1. The molecule has 0 aromatic heterocycles. The summed E-state index contributed by atoms with van der Waals surface area (Å²) in [7, 11) is 0. The Bertz CT molecular complexity index is 991. The van der Waals surface area contributed by atoms with Crippen LogP contribution in [0.25, 0.3) is 0 Å². The molecule has 0 unspecified atom stereocenters. The van der Waals surface area contributed by atoms with Crippen molar-refractivity contribution in [2.24, 2.45) is 17.8 Å². The van der Waals surface area contributed by atoms with Crippen LogP contribution in [0.3, 0.4) is 0 Å². The Balaban J connectivity index is 4.28. The monoisotopic (exact) mass is 905 g/mol. The van der Waals surface area contributed by atoms with Gasteiger partial charge in [0, 0.05) is 19.3 Å². The number of rotatable bonds is 51. The minimum Gasteiger partial charge on any atom is -0.462 e. The fraction of sp³-hybridized carbons (Fsp3) is 0.948. The van der Waals surface area contributed by atoms with Crippen molar-refractivity contribution < 1.29 is 28.6 Å². The molecule has 0 fully saturated rings. The van der Waals surface area contributed by atoms with Crippen LogP contribution in [0.5, 0.6) is 0 Å². The number of hydrogen-bond donors (Lipinski definition) is 0. The first-order valence-electron chi connectivity index (χ1n) is 28.6. The molecule has 0 aromatic carbocycles. The average Bonchev–Trinajstić information content (AvgIpc) is 3.25. The normalized spacial score (nSPS) is 12.1. The van der Waals surface area contributed by atoms with Crippen molar-refractivity contribution in [1.82, 2.24) is 0 Å². The second kappa shape index (κ2) is 49.3. The quantitative estimate of drug-likeness (QED) is 0.0344. The zero-order valence-corrected chi connectivity index (χ0v) is 44.1. The van der Waals surface area contributed by atoms with Crippen LogP contribution in [0.1, 0.15) is 318 Å². The molecule has 6 heteroatoms. The van der Waals surface area contributed by atoms with Crippen LogP contribution in [0.4, 0.5) is 0 Å². The second-order valence-corrected chi connectivity index (χ2v) is 21.4. The first kappa shape index (κ1) is 62.4. The third-order valence-electron chi connectivity index (χ3n) is 13.1. The highest BCUT2D eigenvalue weighted by Crippen LogP contribution is 2.18. The summed E-state index contributed by atoms with van der Waals surface area (Å²) >= 11 is 0. The van der Waals surface area contributed by atoms with Gasteiger partial charge in [-0.2, -0.15) is 0 Å². The third-order valence-corrected chi connectivity index (χ3v) is 13.1. The van der Waals surface area contributed by atoms with Crippen LogP contribution in [0.2, 0.25) is 0 Å². The van der Waals surface area contributed by atoms with Crippen molar-refractivity contribution in [2.45, 2.75) is 324 Å². The smallest absolute Gasteiger partial charge is 0.306 e. The van der Waals surface area contributed by atoms with Crippen molar-refractivity contribution in [2.75, 3.05) is 13.2 Å². The Labute approximate surface area is 399 Å². The third kappa shape index (κ3) is 51.4. The highest BCUT2D eigenvalue weighted by atomic mass is 16.6. The molecule has 0 rings (SSSR count). The summed E-state index contributed by atoms with van der Waals surface area (Å²) in [5, 5.41) is 0. The maximum atomic E-state index is 12.8. The van der Waals surface area contributed by atoms with E-state index in [4.69, 9.17) is 14.2 Å². The van der Waals surface area contributed by atoms with Crippen molar-refractivity contribution in [3.63, 3.8) is 0 Å². The van der Waals surface area contributed by atoms with E-state index < -0.39 is 6.10 Å². The van der Waals surface area contributed by atoms with Crippen molar-refractivity contribution in [1.29, 1.82) is 0 Å². The van der Waals surface area contributed by atoms with E-state index in [9.17, 15) is 14.4 Å². The topological polar surface area (TPSA) is 78.9 Å². The molecular formula is C58H112O6. The number of hydrogen-bond acceptors (Lipinski definition) is 6. The molecule has 0 bridgehead atoms. The average molecular weight is 906 g/mol. The SMILES string of the molecule is CC(C)CCCCCCCCCCCCCCCCCCC(=O)OC[C@@H](COC(=O)CCCCCCCCCCCCC(C)C)OC(=O)CCCCCCCCCCCCCC(C)C. The lowest BCUT2D eigenvalue weighted by Gasteiger charge is -2.18. The minimum atomic E-state index is -0.763. The molecule has 0 saturated carbocycles. The number of carbonyl (C=O) groups is 3. The molecule has 0 aliphatic rings. The van der Waals surface area contributed by atoms with Gasteiger partial charge in [0.15, 0.2) is 6.10 Å². The predicted octanol–water partition coefficient (Wildman–Crippen LogP) is 18.7. The molecule has 0 amide bonds. The van der Waals surface area contributed by atoms with E-state index in [1.54, 1.807) is 0 Å². The van der Waals surface area contributed by atoms with E-state index in [-0.39, 0.29) is 31.1 Å². The first-order valence-corrected chi connectivity index (χ1v) is 28.6. The van der Waals surface area contributed by atoms with Crippen LogP contribution in [-0.4, -0.2) is 37.2 Å². The molecule has 0 aromatic rings. The van der Waals surface area contributed by atoms with Gasteiger partial charge >= 0.3 is 17.9 Å². The highest BCUT2D eigenvalue weighted by molar-refractivity contribution is 5.71. The van der Waals surface area contributed by atoms with Crippen molar-refractivity contribution in [3.05, 3.63) is 0 Å². The fourth-order valence-corrected chi connectivity index (χ4v) is 8.82. The molecule has 0 spiro atoms. The Hall–Kier alpha value is -1.59. The standard InChI is InChI=1S/C58H112O6/c1-52(2)44-38-32-26-20-14-11-9-7-8-10-12-16-23-29-35-41-47-56(59)62-50-55(51-63-57(60)48-42-36-30-24-19-18-22-28-34-40-46-54(5)6)64-58(61)49-43-37-31-25-17-13-15-21-27-33-39-45-53(3)4/h52-55H,7-51H2,1-6H3/t55-/m0/s1. The van der Waals surface area contributed by atoms with Crippen LogP contribution >= 0.6 is 0 Å². The lowest BCUT2D eigenvalue weighted by atomic mass is 10.0. The van der Waals surface area contributed by atoms with E-state index in [0.29, 0.717) is 19.3 Å². The Kier molecular flexibility index (Phi) is 48.1. The number of ether oxygens (including phenoxy) is 3. The molecule has 64 heavy (non-hydrogen) atoms. The Morgan fingerprint density at radius 1 is 0.266 bits per heavy atom. The lowest BCUT2D eigenvalue weighted by Crippen LogP contribution is -2.30. The van der Waals surface area contributed by atoms with Crippen LogP contribution in [-0.2, 0) is 28.6 Å². The molecule has 0 saturated heterocycles. The fourth-order valence-electron chi connectivity index (χ4n) is 8.82. The van der Waals surface area contributed by atoms with Crippen molar-refractivity contribution >= 4 is 17.9 Å². The van der Waals surface area contributed by atoms with Gasteiger partial charge in [-0.1, -0.05) is 279 Å². The van der Waals surface area contributed by atoms with Gasteiger partial charge in [0.25, 0.3) is 0 Å². The van der Waals surface area contributed by atoms with E-state index in [2.05, 4.69) is 41.5 Å². The van der Waals surface area contributed by atoms with E-state index in [1.165, 1.54) is 199 Å². The van der Waals surface area contributed by atoms with Gasteiger partial charge in [-0.3, -0.25) is 14.4 Å². The minimum absolute atomic E-state index is 0.0637. The largest absolute Gasteiger partial charge is 0.462 e. The number of carbonyl (C=O) groups excluding carboxylic acids is 3. The molecule has 0 heterocycles. The number of unbranched alkanes of at least 4 members (excludes halogenated alkanes) is 34. The maximum absolute atomic E-state index is 12.8. The van der Waals surface area contributed by atoms with E-state index >= 15 is 0 Å². The Morgan fingerprint density at radius 3 is 0.672 bits per heavy atom. The molecule has 0 aliphatic heterocycles. The summed E-state index contributed by atoms with van der Waals surface area (Å²) in [5.41, 5.74) is 0. The molecule has 0 N–H and O–H groups in total. The molecule has 0 aliphatic carbocycles. The zero-order valence-electron chi connectivity index (χ0n) is 44.1. The molecule has 6 nitrogen and oxygen atoms in total. The van der Waals surface area contributed by atoms with Gasteiger partial charge in [-0.05, 0) is 37.0 Å². The van der Waals surface area contributed by atoms with E-state index in [0.717, 1.165) is 75.5 Å². The zero-order chi connectivity index (χ0) is 47.0. The summed E-state index contributed by atoms with van der Waals surface area (Å²) in [6.45, 7) is 13.7. The van der Waals surface area contributed by atoms with Crippen LogP contribution in [0, 0.1) is 17.8 Å². The summed E-state index contributed by atoms with van der Waals surface area (Å²) in [5.74, 6) is 1.65. The maximum Gasteiger partial charge on any atom is 0.306 e. The van der Waals surface area contributed by atoms with Crippen LogP contribution in [0.15, 0.2) is 0 Å². The highest BCUT2D eigenvalue weighted by Gasteiger charge is 2.19. The second-order valence-electron chi connectivity index (χ2n) is 21.4. The van der Waals surface area contributed by atoms with Gasteiger partial charge in [0.2, 0.25) is 0 Å². The van der Waals surface area contributed by atoms with Crippen LogP contribution < -0.4 is 0 Å². The predicted molar refractivity (Wildman–Crippen MR) is 275 cm³/mol. The van der Waals surface area contributed by atoms with Gasteiger partial charge in [-0.25, -0.2) is 0 Å². The molecule has 1 atom stereocenters. The van der Waals surface area contributed by atoms with Gasteiger partial charge in [-0.15, -0.1) is 0 Å². The Morgan fingerprint density at radius 2 is 0.453 bits per heavy atom. The molecule has 380 valence electrons. The lowest BCUT2D eigenvalue weighted by molar-refractivity contribution is -0.167. The van der Waals surface area contributed by atoms with Gasteiger partial charge < -0.3 is 14.2 Å². The van der Waals surface area contributed by atoms with Gasteiger partial charge in [0.05, 0.1) is 0 Å². The molecular weight excluding hydrogens is 793 g/mol. The van der Waals surface area contributed by atoms with E-state index in [1.807, 2.05) is 0 Å². The summed E-state index contributed by atoms with van der Waals surface area (Å²) < 4.78 is 16.9. The number of esters is 3. The summed E-state index contributed by atoms with van der Waals surface area (Å²) in [6.07, 6.45) is 51.0. The van der Waals surface area contributed by atoms with Gasteiger partial charge in [0.1, 0.15) is 13.2 Å².